The fourth-order valence-electron chi connectivity index (χ4n) is 0.824. The molecule has 0 spiro atoms. The summed E-state index contributed by atoms with van der Waals surface area (Å²) in [6.45, 7) is 3.70. The van der Waals surface area contributed by atoms with Gasteiger partial charge in [0.05, 0.1) is 18.5 Å². The monoisotopic (exact) mass is 229 g/mol. The summed E-state index contributed by atoms with van der Waals surface area (Å²) < 4.78 is 5.11. The van der Waals surface area contributed by atoms with E-state index in [1.807, 2.05) is 13.8 Å². The Hall–Kier alpha value is -1.20. The predicted octanol–water partition coefficient (Wildman–Crippen LogP) is 1.49. The summed E-state index contributed by atoms with van der Waals surface area (Å²) in [5.74, 6) is 0.0418. The first-order valence-electron chi connectivity index (χ1n) is 4.47. The van der Waals surface area contributed by atoms with Crippen LogP contribution >= 0.6 is 11.6 Å². The summed E-state index contributed by atoms with van der Waals surface area (Å²) in [5.41, 5.74) is 0. The van der Waals surface area contributed by atoms with Gasteiger partial charge in [-0.2, -0.15) is 0 Å². The van der Waals surface area contributed by atoms with Crippen molar-refractivity contribution in [1.29, 1.82) is 0 Å². The van der Waals surface area contributed by atoms with Crippen LogP contribution in [0, 0.1) is 0 Å². The van der Waals surface area contributed by atoms with Crippen molar-refractivity contribution in [3.8, 4) is 0 Å². The maximum Gasteiger partial charge on any atom is 0.251 e. The summed E-state index contributed by atoms with van der Waals surface area (Å²) in [4.78, 5) is 18.9. The van der Waals surface area contributed by atoms with Crippen molar-refractivity contribution in [2.24, 2.45) is 0 Å². The molecule has 0 saturated carbocycles. The fourth-order valence-corrected chi connectivity index (χ4v) is 0.971. The van der Waals surface area contributed by atoms with Crippen molar-refractivity contribution >= 4 is 23.3 Å². The van der Waals surface area contributed by atoms with Crippen LogP contribution in [0.3, 0.4) is 0 Å². The van der Waals surface area contributed by atoms with Gasteiger partial charge >= 0.3 is 0 Å². The maximum absolute atomic E-state index is 11.3. The predicted molar refractivity (Wildman–Crippen MR) is 56.8 cm³/mol. The smallest absolute Gasteiger partial charge is 0.251 e. The van der Waals surface area contributed by atoms with E-state index in [1.165, 1.54) is 12.4 Å². The lowest BCUT2D eigenvalue weighted by atomic mass is 10.5. The van der Waals surface area contributed by atoms with Crippen molar-refractivity contribution in [1.82, 2.24) is 9.97 Å². The van der Waals surface area contributed by atoms with Gasteiger partial charge in [0.25, 0.3) is 5.91 Å². The number of aromatic nitrogens is 2. The Morgan fingerprint density at radius 2 is 2.33 bits per heavy atom. The number of hydrogen-bond acceptors (Lipinski definition) is 4. The van der Waals surface area contributed by atoms with Gasteiger partial charge in [-0.05, 0) is 13.8 Å². The highest BCUT2D eigenvalue weighted by Crippen LogP contribution is 2.06. The molecule has 0 aliphatic carbocycles. The van der Waals surface area contributed by atoms with E-state index in [4.69, 9.17) is 16.3 Å². The fraction of sp³-hybridized carbons (Fsp3) is 0.444. The molecule has 0 aliphatic heterocycles. The van der Waals surface area contributed by atoms with Crippen molar-refractivity contribution in [3.05, 3.63) is 17.5 Å². The SMILES string of the molecule is CC(C)OCC(=O)Nc1cncc(Cl)n1. The molecule has 0 unspecified atom stereocenters. The van der Waals surface area contributed by atoms with Crippen LogP contribution < -0.4 is 5.32 Å². The van der Waals surface area contributed by atoms with E-state index in [1.54, 1.807) is 0 Å². The zero-order chi connectivity index (χ0) is 11.3. The number of hydrogen-bond donors (Lipinski definition) is 1. The average Bonchev–Trinajstić information content (AvgIpc) is 2.15. The molecule has 6 heteroatoms. The topological polar surface area (TPSA) is 64.1 Å². The number of amides is 1. The van der Waals surface area contributed by atoms with Crippen LogP contribution in [-0.4, -0.2) is 28.6 Å². The highest BCUT2D eigenvalue weighted by molar-refractivity contribution is 6.29. The molecule has 0 radical (unpaired) electrons. The van der Waals surface area contributed by atoms with Gasteiger partial charge in [-0.3, -0.25) is 9.78 Å². The molecule has 0 atom stereocenters. The van der Waals surface area contributed by atoms with Gasteiger partial charge in [0, 0.05) is 0 Å². The van der Waals surface area contributed by atoms with Gasteiger partial charge in [-0.1, -0.05) is 11.6 Å². The minimum atomic E-state index is -0.278. The average molecular weight is 230 g/mol. The number of nitrogens with zero attached hydrogens (tertiary/aromatic N) is 2. The summed E-state index contributed by atoms with van der Waals surface area (Å²) in [7, 11) is 0. The molecule has 5 nitrogen and oxygen atoms in total. The second-order valence-electron chi connectivity index (χ2n) is 3.13. The molecule has 1 rings (SSSR count). The summed E-state index contributed by atoms with van der Waals surface area (Å²) in [6.07, 6.45) is 2.82. The van der Waals surface area contributed by atoms with Crippen LogP contribution in [0.4, 0.5) is 5.82 Å². The van der Waals surface area contributed by atoms with Crippen molar-refractivity contribution in [2.75, 3.05) is 11.9 Å². The van der Waals surface area contributed by atoms with E-state index in [-0.39, 0.29) is 23.8 Å². The number of anilines is 1. The first kappa shape index (κ1) is 11.9. The van der Waals surface area contributed by atoms with E-state index < -0.39 is 0 Å². The largest absolute Gasteiger partial charge is 0.369 e. The van der Waals surface area contributed by atoms with Crippen LogP contribution in [0.25, 0.3) is 0 Å². The molecule has 1 aromatic rings. The summed E-state index contributed by atoms with van der Waals surface area (Å²) in [6, 6.07) is 0. The van der Waals surface area contributed by atoms with Gasteiger partial charge in [0.1, 0.15) is 11.8 Å². The molecule has 1 heterocycles. The molecule has 0 fully saturated rings. The maximum atomic E-state index is 11.3. The Labute approximate surface area is 92.8 Å². The zero-order valence-electron chi connectivity index (χ0n) is 8.53. The number of ether oxygens (including phenoxy) is 1. The van der Waals surface area contributed by atoms with Crippen LogP contribution in [0.1, 0.15) is 13.8 Å². The van der Waals surface area contributed by atoms with Gasteiger partial charge in [0.15, 0.2) is 5.82 Å². The highest BCUT2D eigenvalue weighted by Gasteiger charge is 2.05. The molecule has 1 N–H and O–H groups in total. The minimum absolute atomic E-state index is 0.00808. The first-order valence-corrected chi connectivity index (χ1v) is 4.84. The minimum Gasteiger partial charge on any atom is -0.369 e. The molecule has 15 heavy (non-hydrogen) atoms. The number of halogens is 1. The lowest BCUT2D eigenvalue weighted by Crippen LogP contribution is -2.21. The Kier molecular flexibility index (Phi) is 4.45. The quantitative estimate of drug-likeness (QED) is 0.850. The second-order valence-corrected chi connectivity index (χ2v) is 3.52. The zero-order valence-corrected chi connectivity index (χ0v) is 9.28. The van der Waals surface area contributed by atoms with Gasteiger partial charge < -0.3 is 10.1 Å². The summed E-state index contributed by atoms with van der Waals surface area (Å²) >= 11 is 5.60. The summed E-state index contributed by atoms with van der Waals surface area (Å²) in [5, 5.41) is 2.75. The van der Waals surface area contributed by atoms with E-state index in [2.05, 4.69) is 15.3 Å². The Bertz CT molecular complexity index is 344. The number of carbonyl (C=O) groups is 1. The van der Waals surface area contributed by atoms with Gasteiger partial charge in [0.2, 0.25) is 0 Å². The number of carbonyl (C=O) groups excluding carboxylic acids is 1. The van der Waals surface area contributed by atoms with Crippen LogP contribution in [0.2, 0.25) is 5.15 Å². The van der Waals surface area contributed by atoms with E-state index in [0.29, 0.717) is 5.82 Å². The third-order valence-electron chi connectivity index (χ3n) is 1.42. The van der Waals surface area contributed by atoms with Crippen LogP contribution in [0.5, 0.6) is 0 Å². The van der Waals surface area contributed by atoms with Crippen molar-refractivity contribution in [2.45, 2.75) is 20.0 Å². The molecule has 0 saturated heterocycles. The lowest BCUT2D eigenvalue weighted by Gasteiger charge is -2.07. The van der Waals surface area contributed by atoms with E-state index in [0.717, 1.165) is 0 Å². The Morgan fingerprint density at radius 3 is 2.93 bits per heavy atom. The van der Waals surface area contributed by atoms with Crippen molar-refractivity contribution < 1.29 is 9.53 Å². The van der Waals surface area contributed by atoms with E-state index >= 15 is 0 Å². The highest BCUT2D eigenvalue weighted by atomic mass is 35.5. The first-order chi connectivity index (χ1) is 7.08. The van der Waals surface area contributed by atoms with Crippen LogP contribution in [0.15, 0.2) is 12.4 Å². The standard InChI is InChI=1S/C9H12ClN3O2/c1-6(2)15-5-9(14)13-8-4-11-3-7(10)12-8/h3-4,6H,5H2,1-2H3,(H,12,13,14). The molecule has 0 aromatic carbocycles. The lowest BCUT2D eigenvalue weighted by molar-refractivity contribution is -0.121. The normalized spacial score (nSPS) is 10.4. The van der Waals surface area contributed by atoms with Gasteiger partial charge in [-0.25, -0.2) is 4.98 Å². The molecular weight excluding hydrogens is 218 g/mol. The van der Waals surface area contributed by atoms with Crippen LogP contribution in [-0.2, 0) is 9.53 Å². The molecule has 0 bridgehead atoms. The second kappa shape index (κ2) is 5.63. The number of rotatable bonds is 4. The van der Waals surface area contributed by atoms with E-state index in [9.17, 15) is 4.79 Å². The van der Waals surface area contributed by atoms with Gasteiger partial charge in [-0.15, -0.1) is 0 Å². The molecular formula is C9H12ClN3O2. The molecule has 1 amide bonds. The Morgan fingerprint density at radius 1 is 1.60 bits per heavy atom. The Balaban J connectivity index is 2.44. The third-order valence-corrected chi connectivity index (χ3v) is 1.60. The number of nitrogens with one attached hydrogen (secondary N) is 1. The third kappa shape index (κ3) is 4.71. The molecule has 0 aliphatic rings. The molecule has 1 aromatic heterocycles. The van der Waals surface area contributed by atoms with Crippen molar-refractivity contribution in [3.63, 3.8) is 0 Å². The molecule has 82 valence electrons.